The van der Waals surface area contributed by atoms with Crippen LogP contribution in [0.4, 0.5) is 0 Å². The Balaban J connectivity index is 1.76. The average Bonchev–Trinajstić information content (AvgIpc) is 2.96. The van der Waals surface area contributed by atoms with Gasteiger partial charge >= 0.3 is 0 Å². The summed E-state index contributed by atoms with van der Waals surface area (Å²) >= 11 is 3.42. The minimum atomic E-state index is 0.0423. The van der Waals surface area contributed by atoms with Gasteiger partial charge in [-0.25, -0.2) is 0 Å². The number of alkyl halides is 1. The number of furan rings is 1. The average molecular weight is 322 g/mol. The number of hydrogen-bond acceptors (Lipinski definition) is 2. The maximum atomic E-state index is 11.7. The third kappa shape index (κ3) is 4.56. The minimum absolute atomic E-state index is 0.0423. The van der Waals surface area contributed by atoms with Gasteiger partial charge in [0.15, 0.2) is 0 Å². The fraction of sp³-hybridized carbons (Fsp3) is 0.267. The molecule has 0 saturated carbocycles. The summed E-state index contributed by atoms with van der Waals surface area (Å²) < 4.78 is 5.19. The first-order chi connectivity index (χ1) is 9.28. The van der Waals surface area contributed by atoms with Crippen molar-refractivity contribution in [2.75, 3.05) is 0 Å². The van der Waals surface area contributed by atoms with Crippen LogP contribution in [0.2, 0.25) is 0 Å². The van der Waals surface area contributed by atoms with Gasteiger partial charge in [0.1, 0.15) is 5.76 Å². The molecule has 0 spiro atoms. The zero-order chi connectivity index (χ0) is 13.5. The maximum Gasteiger partial charge on any atom is 0.220 e. The van der Waals surface area contributed by atoms with E-state index in [0.29, 0.717) is 19.4 Å². The fourth-order valence-corrected chi connectivity index (χ4v) is 2.15. The van der Waals surface area contributed by atoms with Crippen molar-refractivity contribution in [1.82, 2.24) is 5.32 Å². The molecule has 0 fully saturated rings. The molecule has 0 aliphatic rings. The Labute approximate surface area is 121 Å². The first-order valence-corrected chi connectivity index (χ1v) is 7.33. The largest absolute Gasteiger partial charge is 0.469 e. The minimum Gasteiger partial charge on any atom is -0.469 e. The molecular weight excluding hydrogens is 306 g/mol. The van der Waals surface area contributed by atoms with Crippen LogP contribution in [0.1, 0.15) is 23.3 Å². The van der Waals surface area contributed by atoms with E-state index in [1.165, 1.54) is 5.56 Å². The summed E-state index contributed by atoms with van der Waals surface area (Å²) in [5.74, 6) is 0.886. The van der Waals surface area contributed by atoms with Gasteiger partial charge in [0.05, 0.1) is 6.26 Å². The van der Waals surface area contributed by atoms with Gasteiger partial charge in [0.25, 0.3) is 0 Å². The lowest BCUT2D eigenvalue weighted by Crippen LogP contribution is -2.22. The normalized spacial score (nSPS) is 10.4. The van der Waals surface area contributed by atoms with Gasteiger partial charge in [-0.05, 0) is 23.3 Å². The number of aryl methyl sites for hydroxylation is 1. The molecule has 0 saturated heterocycles. The number of halogens is 1. The van der Waals surface area contributed by atoms with Crippen molar-refractivity contribution in [1.29, 1.82) is 0 Å². The molecule has 3 nitrogen and oxygen atoms in total. The predicted octanol–water partition coefficient (Wildman–Crippen LogP) is 3.42. The van der Waals surface area contributed by atoms with E-state index in [1.54, 1.807) is 6.26 Å². The van der Waals surface area contributed by atoms with Crippen molar-refractivity contribution in [3.63, 3.8) is 0 Å². The van der Waals surface area contributed by atoms with Crippen molar-refractivity contribution in [2.45, 2.75) is 24.7 Å². The van der Waals surface area contributed by atoms with Crippen LogP contribution in [0, 0.1) is 0 Å². The quantitative estimate of drug-likeness (QED) is 0.828. The molecule has 19 heavy (non-hydrogen) atoms. The molecule has 0 bridgehead atoms. The molecule has 0 aliphatic carbocycles. The van der Waals surface area contributed by atoms with Crippen LogP contribution in [0.5, 0.6) is 0 Å². The number of nitrogens with one attached hydrogen (secondary N) is 1. The molecular formula is C15H16BrNO2. The third-order valence-electron chi connectivity index (χ3n) is 2.81. The lowest BCUT2D eigenvalue weighted by atomic mass is 10.1. The summed E-state index contributed by atoms with van der Waals surface area (Å²) in [6, 6.07) is 11.9. The molecule has 0 unspecified atom stereocenters. The molecule has 1 amide bonds. The number of amides is 1. The number of hydrogen-bond donors (Lipinski definition) is 1. The SMILES string of the molecule is O=C(CCc1ccco1)NCc1cccc(CBr)c1. The van der Waals surface area contributed by atoms with Crippen LogP contribution in [0.3, 0.4) is 0 Å². The Morgan fingerprint density at radius 1 is 1.21 bits per heavy atom. The second kappa shape index (κ2) is 7.14. The summed E-state index contributed by atoms with van der Waals surface area (Å²) in [6.07, 6.45) is 2.71. The van der Waals surface area contributed by atoms with Crippen LogP contribution in [0.15, 0.2) is 47.1 Å². The van der Waals surface area contributed by atoms with Crippen LogP contribution < -0.4 is 5.32 Å². The van der Waals surface area contributed by atoms with Gasteiger partial charge in [-0.3, -0.25) is 4.79 Å². The molecule has 0 aliphatic heterocycles. The van der Waals surface area contributed by atoms with E-state index in [9.17, 15) is 4.79 Å². The Hall–Kier alpha value is -1.55. The number of rotatable bonds is 6. The van der Waals surface area contributed by atoms with Crippen LogP contribution >= 0.6 is 15.9 Å². The monoisotopic (exact) mass is 321 g/mol. The Bertz CT molecular complexity index is 523. The van der Waals surface area contributed by atoms with E-state index in [0.717, 1.165) is 16.7 Å². The summed E-state index contributed by atoms with van der Waals surface area (Å²) in [6.45, 7) is 0.567. The van der Waals surface area contributed by atoms with Crippen molar-refractivity contribution >= 4 is 21.8 Å². The number of carbonyl (C=O) groups is 1. The van der Waals surface area contributed by atoms with E-state index < -0.39 is 0 Å². The molecule has 1 heterocycles. The van der Waals surface area contributed by atoms with Crippen molar-refractivity contribution < 1.29 is 9.21 Å². The number of benzene rings is 1. The van der Waals surface area contributed by atoms with Crippen LogP contribution in [0.25, 0.3) is 0 Å². The van der Waals surface area contributed by atoms with Gasteiger partial charge in [0.2, 0.25) is 5.91 Å². The van der Waals surface area contributed by atoms with Gasteiger partial charge in [0, 0.05) is 24.7 Å². The molecule has 2 rings (SSSR count). The highest BCUT2D eigenvalue weighted by molar-refractivity contribution is 9.08. The maximum absolute atomic E-state index is 11.7. The first-order valence-electron chi connectivity index (χ1n) is 6.21. The van der Waals surface area contributed by atoms with Gasteiger partial charge < -0.3 is 9.73 Å². The molecule has 0 atom stereocenters. The summed E-state index contributed by atoms with van der Waals surface area (Å²) in [5, 5.41) is 3.74. The Morgan fingerprint density at radius 3 is 2.79 bits per heavy atom. The number of carbonyl (C=O) groups excluding carboxylic acids is 1. The topological polar surface area (TPSA) is 42.2 Å². The van der Waals surface area contributed by atoms with Crippen LogP contribution in [-0.4, -0.2) is 5.91 Å². The third-order valence-corrected chi connectivity index (χ3v) is 3.46. The summed E-state index contributed by atoms with van der Waals surface area (Å²) in [4.78, 5) is 11.7. The second-order valence-electron chi connectivity index (χ2n) is 4.31. The van der Waals surface area contributed by atoms with Gasteiger partial charge in [-0.2, -0.15) is 0 Å². The predicted molar refractivity (Wildman–Crippen MR) is 77.9 cm³/mol. The molecule has 1 aromatic heterocycles. The summed E-state index contributed by atoms with van der Waals surface area (Å²) in [7, 11) is 0. The van der Waals surface area contributed by atoms with E-state index in [4.69, 9.17) is 4.42 Å². The van der Waals surface area contributed by atoms with E-state index >= 15 is 0 Å². The van der Waals surface area contributed by atoms with Gasteiger partial charge in [-0.1, -0.05) is 40.2 Å². The zero-order valence-corrected chi connectivity index (χ0v) is 12.2. The molecule has 1 N–H and O–H groups in total. The zero-order valence-electron chi connectivity index (χ0n) is 10.6. The van der Waals surface area contributed by atoms with E-state index in [2.05, 4.69) is 33.4 Å². The molecule has 100 valence electrons. The standard InChI is InChI=1S/C15H16BrNO2/c16-10-12-3-1-4-13(9-12)11-17-15(18)7-6-14-5-2-8-19-14/h1-5,8-9H,6-7,10-11H2,(H,17,18). The van der Waals surface area contributed by atoms with Crippen molar-refractivity contribution in [3.8, 4) is 0 Å². The lowest BCUT2D eigenvalue weighted by molar-refractivity contribution is -0.121. The highest BCUT2D eigenvalue weighted by Gasteiger charge is 2.04. The molecule has 2 aromatic rings. The van der Waals surface area contributed by atoms with Crippen molar-refractivity contribution in [2.24, 2.45) is 0 Å². The Morgan fingerprint density at radius 2 is 2.05 bits per heavy atom. The van der Waals surface area contributed by atoms with Crippen LogP contribution in [-0.2, 0) is 23.1 Å². The highest BCUT2D eigenvalue weighted by Crippen LogP contribution is 2.09. The lowest BCUT2D eigenvalue weighted by Gasteiger charge is -2.06. The van der Waals surface area contributed by atoms with E-state index in [1.807, 2.05) is 24.3 Å². The van der Waals surface area contributed by atoms with E-state index in [-0.39, 0.29) is 5.91 Å². The molecule has 4 heteroatoms. The fourth-order valence-electron chi connectivity index (χ4n) is 1.80. The smallest absolute Gasteiger partial charge is 0.220 e. The Kier molecular flexibility index (Phi) is 5.21. The van der Waals surface area contributed by atoms with Gasteiger partial charge in [-0.15, -0.1) is 0 Å². The highest BCUT2D eigenvalue weighted by atomic mass is 79.9. The summed E-state index contributed by atoms with van der Waals surface area (Å²) in [5.41, 5.74) is 2.32. The second-order valence-corrected chi connectivity index (χ2v) is 4.87. The van der Waals surface area contributed by atoms with Crippen molar-refractivity contribution in [3.05, 3.63) is 59.5 Å². The first kappa shape index (κ1) is 13.9. The molecule has 0 radical (unpaired) electrons. The molecule has 1 aromatic carbocycles.